The number of hydrogen-bond donors (Lipinski definition) is 1. The molecule has 0 saturated heterocycles. The van der Waals surface area contributed by atoms with E-state index in [4.69, 9.17) is 0 Å². The minimum Gasteiger partial charge on any atom is -0.291 e. The third-order valence-corrected chi connectivity index (χ3v) is 4.99. The van der Waals surface area contributed by atoms with E-state index < -0.39 is 10.0 Å². The Labute approximate surface area is 121 Å². The minimum absolute atomic E-state index is 0.176. The molecular weight excluding hydrogens is 272 g/mol. The maximum atomic E-state index is 11.5. The van der Waals surface area contributed by atoms with Gasteiger partial charge in [-0.1, -0.05) is 42.2 Å². The molecule has 0 unspecified atom stereocenters. The van der Waals surface area contributed by atoms with Crippen LogP contribution in [0.15, 0.2) is 30.3 Å². The maximum absolute atomic E-state index is 11.5. The highest BCUT2D eigenvalue weighted by Crippen LogP contribution is 2.27. The first kappa shape index (κ1) is 15.0. The van der Waals surface area contributed by atoms with Gasteiger partial charge in [0, 0.05) is 6.54 Å². The van der Waals surface area contributed by atoms with Crippen LogP contribution in [-0.2, 0) is 16.6 Å². The average Bonchev–Trinajstić information content (AvgIpc) is 3.24. The fraction of sp³-hybridized carbons (Fsp3) is 0.467. The van der Waals surface area contributed by atoms with Crippen molar-refractivity contribution in [2.45, 2.75) is 24.6 Å². The van der Waals surface area contributed by atoms with Crippen LogP contribution in [0.2, 0.25) is 0 Å². The van der Waals surface area contributed by atoms with Crippen LogP contribution in [-0.4, -0.2) is 38.7 Å². The Hall–Kier alpha value is -1.35. The fourth-order valence-electron chi connectivity index (χ4n) is 1.84. The van der Waals surface area contributed by atoms with Crippen molar-refractivity contribution in [1.82, 2.24) is 9.62 Å². The zero-order valence-corrected chi connectivity index (χ0v) is 12.5. The summed E-state index contributed by atoms with van der Waals surface area (Å²) in [4.78, 5) is 2.09. The lowest BCUT2D eigenvalue weighted by Gasteiger charge is -2.12. The molecule has 0 heterocycles. The van der Waals surface area contributed by atoms with E-state index in [1.54, 1.807) is 0 Å². The highest BCUT2D eigenvalue weighted by atomic mass is 32.2. The zero-order valence-electron chi connectivity index (χ0n) is 11.7. The Kier molecular flexibility index (Phi) is 5.18. The van der Waals surface area contributed by atoms with Gasteiger partial charge < -0.3 is 0 Å². The van der Waals surface area contributed by atoms with Crippen molar-refractivity contribution in [2.75, 3.05) is 20.1 Å². The van der Waals surface area contributed by atoms with Crippen LogP contribution < -0.4 is 4.72 Å². The van der Waals surface area contributed by atoms with Crippen molar-refractivity contribution in [3.63, 3.8) is 0 Å². The van der Waals surface area contributed by atoms with Crippen molar-refractivity contribution >= 4 is 10.0 Å². The van der Waals surface area contributed by atoms with Gasteiger partial charge in [-0.15, -0.1) is 0 Å². The number of hydrogen-bond acceptors (Lipinski definition) is 3. The van der Waals surface area contributed by atoms with Crippen molar-refractivity contribution < 1.29 is 8.42 Å². The standard InChI is InChI=1S/C15H20N2O2S/c1-17(13-14-7-3-2-4-8-14)12-6-5-11-16-20(18,19)15-9-10-15/h2-4,7-8,15-16H,9-13H2,1H3. The SMILES string of the molecule is CN(CC#CCNS(=O)(=O)C1CC1)Cc1ccccc1. The molecule has 4 nitrogen and oxygen atoms in total. The molecule has 0 aromatic heterocycles. The van der Waals surface area contributed by atoms with Gasteiger partial charge in [-0.05, 0) is 25.5 Å². The molecule has 1 N–H and O–H groups in total. The van der Waals surface area contributed by atoms with E-state index in [1.807, 2.05) is 25.2 Å². The third kappa shape index (κ3) is 4.97. The Bertz CT molecular complexity index is 583. The Balaban J connectivity index is 1.68. The molecule has 1 fully saturated rings. The van der Waals surface area contributed by atoms with Gasteiger partial charge in [0.2, 0.25) is 10.0 Å². The predicted octanol–water partition coefficient (Wildman–Crippen LogP) is 1.20. The van der Waals surface area contributed by atoms with E-state index in [-0.39, 0.29) is 11.8 Å². The van der Waals surface area contributed by atoms with Crippen molar-refractivity contribution in [3.8, 4) is 11.8 Å². The monoisotopic (exact) mass is 292 g/mol. The van der Waals surface area contributed by atoms with Gasteiger partial charge in [0.15, 0.2) is 0 Å². The molecule has 108 valence electrons. The van der Waals surface area contributed by atoms with Crippen LogP contribution in [0, 0.1) is 11.8 Å². The highest BCUT2D eigenvalue weighted by Gasteiger charge is 2.34. The maximum Gasteiger partial charge on any atom is 0.215 e. The summed E-state index contributed by atoms with van der Waals surface area (Å²) in [6, 6.07) is 10.2. The molecule has 1 aliphatic rings. The van der Waals surface area contributed by atoms with Gasteiger partial charge in [0.1, 0.15) is 0 Å². The first-order chi connectivity index (χ1) is 9.58. The second kappa shape index (κ2) is 6.89. The Morgan fingerprint density at radius 2 is 1.95 bits per heavy atom. The predicted molar refractivity (Wildman–Crippen MR) is 80.5 cm³/mol. The molecule has 0 amide bonds. The molecule has 5 heteroatoms. The quantitative estimate of drug-likeness (QED) is 0.802. The van der Waals surface area contributed by atoms with Gasteiger partial charge >= 0.3 is 0 Å². The van der Waals surface area contributed by atoms with E-state index in [2.05, 4.69) is 33.6 Å². The molecule has 1 saturated carbocycles. The first-order valence-corrected chi connectivity index (χ1v) is 8.29. The number of rotatable bonds is 6. The normalized spacial score (nSPS) is 14.9. The summed E-state index contributed by atoms with van der Waals surface area (Å²) in [5.74, 6) is 5.85. The Morgan fingerprint density at radius 1 is 1.25 bits per heavy atom. The van der Waals surface area contributed by atoms with Crippen LogP contribution in [0.1, 0.15) is 18.4 Å². The van der Waals surface area contributed by atoms with E-state index in [1.165, 1.54) is 5.56 Å². The molecule has 1 aromatic rings. The Morgan fingerprint density at radius 3 is 2.60 bits per heavy atom. The number of benzene rings is 1. The second-order valence-electron chi connectivity index (χ2n) is 5.08. The molecule has 0 bridgehead atoms. The van der Waals surface area contributed by atoms with Crippen molar-refractivity contribution in [3.05, 3.63) is 35.9 Å². The average molecular weight is 292 g/mol. The molecule has 2 rings (SSSR count). The van der Waals surface area contributed by atoms with E-state index in [0.29, 0.717) is 6.54 Å². The fourth-order valence-corrected chi connectivity index (χ4v) is 3.10. The number of nitrogens with one attached hydrogen (secondary N) is 1. The van der Waals surface area contributed by atoms with E-state index in [0.717, 1.165) is 19.4 Å². The van der Waals surface area contributed by atoms with Crippen LogP contribution in [0.4, 0.5) is 0 Å². The summed E-state index contributed by atoms with van der Waals surface area (Å²) in [7, 11) is -1.11. The highest BCUT2D eigenvalue weighted by molar-refractivity contribution is 7.90. The zero-order chi connectivity index (χ0) is 14.4. The lowest BCUT2D eigenvalue weighted by molar-refractivity contribution is 0.369. The molecule has 0 atom stereocenters. The summed E-state index contributed by atoms with van der Waals surface area (Å²) in [5, 5.41) is -0.176. The largest absolute Gasteiger partial charge is 0.291 e. The summed E-state index contributed by atoms with van der Waals surface area (Å²) >= 11 is 0. The van der Waals surface area contributed by atoms with Crippen LogP contribution in [0.3, 0.4) is 0 Å². The van der Waals surface area contributed by atoms with Gasteiger partial charge in [-0.2, -0.15) is 0 Å². The van der Waals surface area contributed by atoms with Crippen molar-refractivity contribution in [2.24, 2.45) is 0 Å². The molecule has 1 aliphatic carbocycles. The van der Waals surface area contributed by atoms with Gasteiger partial charge in [-0.25, -0.2) is 13.1 Å². The van der Waals surface area contributed by atoms with E-state index in [9.17, 15) is 8.42 Å². The van der Waals surface area contributed by atoms with Crippen LogP contribution in [0.25, 0.3) is 0 Å². The molecule has 0 radical (unpaired) electrons. The lowest BCUT2D eigenvalue weighted by atomic mass is 10.2. The summed E-state index contributed by atoms with van der Waals surface area (Å²) < 4.78 is 25.6. The first-order valence-electron chi connectivity index (χ1n) is 6.74. The smallest absolute Gasteiger partial charge is 0.215 e. The summed E-state index contributed by atoms with van der Waals surface area (Å²) in [5.41, 5.74) is 1.24. The minimum atomic E-state index is -3.10. The van der Waals surface area contributed by atoms with Crippen LogP contribution in [0.5, 0.6) is 0 Å². The molecule has 1 aromatic carbocycles. The lowest BCUT2D eigenvalue weighted by Crippen LogP contribution is -2.27. The molecule has 0 aliphatic heterocycles. The third-order valence-electron chi connectivity index (χ3n) is 3.09. The molecule has 0 spiro atoms. The van der Waals surface area contributed by atoms with Gasteiger partial charge in [0.05, 0.1) is 18.3 Å². The second-order valence-corrected chi connectivity index (χ2v) is 7.12. The van der Waals surface area contributed by atoms with E-state index >= 15 is 0 Å². The van der Waals surface area contributed by atoms with Crippen molar-refractivity contribution in [1.29, 1.82) is 0 Å². The van der Waals surface area contributed by atoms with Crippen LogP contribution >= 0.6 is 0 Å². The molecule has 20 heavy (non-hydrogen) atoms. The molecular formula is C15H20N2O2S. The van der Waals surface area contributed by atoms with Gasteiger partial charge in [0.25, 0.3) is 0 Å². The van der Waals surface area contributed by atoms with Gasteiger partial charge in [-0.3, -0.25) is 4.90 Å². The summed E-state index contributed by atoms with van der Waals surface area (Å²) in [6.45, 7) is 1.67. The number of nitrogens with zero attached hydrogens (tertiary/aromatic N) is 1. The summed E-state index contributed by atoms with van der Waals surface area (Å²) in [6.07, 6.45) is 1.56. The topological polar surface area (TPSA) is 49.4 Å². The number of sulfonamides is 1.